The van der Waals surface area contributed by atoms with Crippen LogP contribution in [-0.2, 0) is 0 Å². The number of hydrogen-bond acceptors (Lipinski definition) is 4. The van der Waals surface area contributed by atoms with E-state index in [0.29, 0.717) is 17.9 Å². The van der Waals surface area contributed by atoms with Crippen LogP contribution < -0.4 is 10.6 Å². The summed E-state index contributed by atoms with van der Waals surface area (Å²) in [5.74, 6) is 0.0143. The fourth-order valence-electron chi connectivity index (χ4n) is 1.73. The van der Waals surface area contributed by atoms with Crippen molar-refractivity contribution in [3.05, 3.63) is 41.8 Å². The van der Waals surface area contributed by atoms with E-state index in [2.05, 4.69) is 5.16 Å². The topological polar surface area (TPSA) is 72.4 Å². The Balaban J connectivity index is 2.31. The van der Waals surface area contributed by atoms with Gasteiger partial charge >= 0.3 is 0 Å². The zero-order chi connectivity index (χ0) is 13.1. The molecule has 2 aromatic rings. The molecule has 0 bridgehead atoms. The maximum Gasteiger partial charge on any atom is 0.296 e. The van der Waals surface area contributed by atoms with E-state index in [9.17, 15) is 4.79 Å². The molecule has 0 fully saturated rings. The number of nitrogens with zero attached hydrogens (tertiary/aromatic N) is 2. The van der Waals surface area contributed by atoms with Crippen LogP contribution in [0.1, 0.15) is 23.2 Å². The average molecular weight is 245 g/mol. The second-order valence-electron chi connectivity index (χ2n) is 3.98. The van der Waals surface area contributed by atoms with Crippen LogP contribution in [0, 0.1) is 6.92 Å². The molecular formula is C13H15N3O2. The van der Waals surface area contributed by atoms with E-state index in [1.165, 1.54) is 0 Å². The summed E-state index contributed by atoms with van der Waals surface area (Å²) in [4.78, 5) is 13.8. The van der Waals surface area contributed by atoms with E-state index < -0.39 is 0 Å². The van der Waals surface area contributed by atoms with Crippen molar-refractivity contribution >= 4 is 17.3 Å². The van der Waals surface area contributed by atoms with Crippen LogP contribution in [0.4, 0.5) is 11.4 Å². The Morgan fingerprint density at radius 3 is 2.78 bits per heavy atom. The zero-order valence-electron chi connectivity index (χ0n) is 10.4. The summed E-state index contributed by atoms with van der Waals surface area (Å²) in [6.45, 7) is 4.20. The number of aryl methyl sites for hydroxylation is 1. The first-order chi connectivity index (χ1) is 8.61. The van der Waals surface area contributed by atoms with E-state index >= 15 is 0 Å². The van der Waals surface area contributed by atoms with Crippen molar-refractivity contribution < 1.29 is 9.32 Å². The van der Waals surface area contributed by atoms with E-state index in [4.69, 9.17) is 10.3 Å². The molecular weight excluding hydrogens is 230 g/mol. The highest BCUT2D eigenvalue weighted by Gasteiger charge is 2.20. The van der Waals surface area contributed by atoms with Gasteiger partial charge in [0.15, 0.2) is 0 Å². The third-order valence-corrected chi connectivity index (χ3v) is 2.58. The molecule has 2 N–H and O–H groups in total. The van der Waals surface area contributed by atoms with Gasteiger partial charge in [-0.25, -0.2) is 0 Å². The summed E-state index contributed by atoms with van der Waals surface area (Å²) < 4.78 is 4.99. The zero-order valence-corrected chi connectivity index (χ0v) is 10.4. The smallest absolute Gasteiger partial charge is 0.296 e. The van der Waals surface area contributed by atoms with Gasteiger partial charge in [0.1, 0.15) is 0 Å². The average Bonchev–Trinajstić information content (AvgIpc) is 2.77. The molecule has 94 valence electrons. The Labute approximate surface area is 105 Å². The highest BCUT2D eigenvalue weighted by molar-refractivity contribution is 6.04. The molecule has 1 heterocycles. The van der Waals surface area contributed by atoms with Gasteiger partial charge in [0.05, 0.1) is 5.69 Å². The lowest BCUT2D eigenvalue weighted by Gasteiger charge is -2.19. The lowest BCUT2D eigenvalue weighted by Crippen LogP contribution is -2.30. The number of hydrogen-bond donors (Lipinski definition) is 1. The summed E-state index contributed by atoms with van der Waals surface area (Å²) >= 11 is 0. The molecule has 1 amide bonds. The molecule has 0 radical (unpaired) electrons. The van der Waals surface area contributed by atoms with Crippen molar-refractivity contribution in [2.75, 3.05) is 17.2 Å². The molecule has 0 saturated carbocycles. The van der Waals surface area contributed by atoms with Crippen molar-refractivity contribution in [1.82, 2.24) is 5.16 Å². The Kier molecular flexibility index (Phi) is 3.32. The maximum atomic E-state index is 12.3. The number of amides is 1. The second kappa shape index (κ2) is 4.91. The fraction of sp³-hybridized carbons (Fsp3) is 0.231. The van der Waals surface area contributed by atoms with Gasteiger partial charge in [-0.2, -0.15) is 0 Å². The van der Waals surface area contributed by atoms with Gasteiger partial charge in [0, 0.05) is 24.0 Å². The van der Waals surface area contributed by atoms with Crippen LogP contribution in [0.15, 0.2) is 34.9 Å². The molecule has 2 rings (SSSR count). The van der Waals surface area contributed by atoms with Crippen molar-refractivity contribution in [3.63, 3.8) is 0 Å². The Morgan fingerprint density at radius 1 is 1.44 bits per heavy atom. The normalized spacial score (nSPS) is 10.3. The minimum atomic E-state index is -0.219. The first-order valence-electron chi connectivity index (χ1n) is 5.72. The highest BCUT2D eigenvalue weighted by atomic mass is 16.5. The largest absolute Gasteiger partial charge is 0.399 e. The Bertz CT molecular complexity index is 563. The van der Waals surface area contributed by atoms with Crippen molar-refractivity contribution in [3.8, 4) is 0 Å². The van der Waals surface area contributed by atoms with Crippen molar-refractivity contribution in [2.45, 2.75) is 13.8 Å². The third-order valence-electron chi connectivity index (χ3n) is 2.58. The standard InChI is InChI=1S/C13H15N3O2/c1-3-16(11-6-4-5-10(14)8-11)13(17)12-7-9(2)15-18-12/h4-8H,3,14H2,1-2H3. The molecule has 0 atom stereocenters. The van der Waals surface area contributed by atoms with Crippen molar-refractivity contribution in [2.24, 2.45) is 0 Å². The summed E-state index contributed by atoms with van der Waals surface area (Å²) in [5.41, 5.74) is 7.77. The van der Waals surface area contributed by atoms with Gasteiger partial charge in [0.2, 0.25) is 5.76 Å². The fourth-order valence-corrected chi connectivity index (χ4v) is 1.73. The molecule has 5 nitrogen and oxygen atoms in total. The van der Waals surface area contributed by atoms with Gasteiger partial charge < -0.3 is 15.2 Å². The molecule has 5 heteroatoms. The first-order valence-corrected chi connectivity index (χ1v) is 5.72. The predicted molar refractivity (Wildman–Crippen MR) is 69.4 cm³/mol. The molecule has 0 unspecified atom stereocenters. The number of aromatic nitrogens is 1. The van der Waals surface area contributed by atoms with Gasteiger partial charge in [-0.3, -0.25) is 4.79 Å². The molecule has 0 aliphatic carbocycles. The van der Waals surface area contributed by atoms with Crippen LogP contribution in [0.2, 0.25) is 0 Å². The second-order valence-corrected chi connectivity index (χ2v) is 3.98. The monoisotopic (exact) mass is 245 g/mol. The van der Waals surface area contributed by atoms with E-state index in [1.54, 1.807) is 30.0 Å². The molecule has 0 saturated heterocycles. The van der Waals surface area contributed by atoms with E-state index in [0.717, 1.165) is 5.69 Å². The number of carbonyl (C=O) groups excluding carboxylic acids is 1. The Morgan fingerprint density at radius 2 is 2.22 bits per heavy atom. The van der Waals surface area contributed by atoms with E-state index in [-0.39, 0.29) is 11.7 Å². The van der Waals surface area contributed by atoms with Gasteiger partial charge in [-0.15, -0.1) is 0 Å². The predicted octanol–water partition coefficient (Wildman–Crippen LogP) is 2.23. The third kappa shape index (κ3) is 2.34. The number of nitrogen functional groups attached to an aromatic ring is 1. The van der Waals surface area contributed by atoms with Crippen molar-refractivity contribution in [1.29, 1.82) is 0 Å². The summed E-state index contributed by atoms with van der Waals surface area (Å²) in [6.07, 6.45) is 0. The van der Waals surface area contributed by atoms with Crippen LogP contribution in [0.3, 0.4) is 0 Å². The maximum absolute atomic E-state index is 12.3. The van der Waals surface area contributed by atoms with Crippen LogP contribution >= 0.6 is 0 Å². The first kappa shape index (κ1) is 12.2. The van der Waals surface area contributed by atoms with Gasteiger partial charge in [-0.1, -0.05) is 11.2 Å². The minimum absolute atomic E-state index is 0.219. The van der Waals surface area contributed by atoms with E-state index in [1.807, 2.05) is 19.1 Å². The molecule has 18 heavy (non-hydrogen) atoms. The Hall–Kier alpha value is -2.30. The number of anilines is 2. The van der Waals surface area contributed by atoms with Gasteiger partial charge in [0.25, 0.3) is 5.91 Å². The highest BCUT2D eigenvalue weighted by Crippen LogP contribution is 2.20. The molecule has 1 aromatic carbocycles. The van der Waals surface area contributed by atoms with Crippen LogP contribution in [0.25, 0.3) is 0 Å². The molecule has 0 aliphatic rings. The number of benzene rings is 1. The number of rotatable bonds is 3. The molecule has 1 aromatic heterocycles. The number of carbonyl (C=O) groups is 1. The van der Waals surface area contributed by atoms with Crippen LogP contribution in [0.5, 0.6) is 0 Å². The lowest BCUT2D eigenvalue weighted by molar-refractivity contribution is 0.0952. The summed E-state index contributed by atoms with van der Waals surface area (Å²) in [6, 6.07) is 8.80. The van der Waals surface area contributed by atoms with Crippen LogP contribution in [-0.4, -0.2) is 17.6 Å². The molecule has 0 spiro atoms. The van der Waals surface area contributed by atoms with Gasteiger partial charge in [-0.05, 0) is 32.0 Å². The summed E-state index contributed by atoms with van der Waals surface area (Å²) in [7, 11) is 0. The number of nitrogens with two attached hydrogens (primary N) is 1. The minimum Gasteiger partial charge on any atom is -0.399 e. The SMILES string of the molecule is CCN(C(=O)c1cc(C)no1)c1cccc(N)c1. The summed E-state index contributed by atoms with van der Waals surface area (Å²) in [5, 5.41) is 3.72. The molecule has 0 aliphatic heterocycles. The lowest BCUT2D eigenvalue weighted by atomic mass is 10.2. The quantitative estimate of drug-likeness (QED) is 0.841.